The minimum Gasteiger partial charge on any atom is -0.493 e. The van der Waals surface area contributed by atoms with Crippen molar-refractivity contribution in [2.24, 2.45) is 5.10 Å². The Morgan fingerprint density at radius 3 is 2.63 bits per heavy atom. The number of carbonyl (C=O) groups excluding carboxylic acids is 1. The Balaban J connectivity index is 1.37. The van der Waals surface area contributed by atoms with Crippen LogP contribution >= 0.6 is 31.9 Å². The molecule has 192 valence electrons. The van der Waals surface area contributed by atoms with Gasteiger partial charge in [-0.1, -0.05) is 33.6 Å². The van der Waals surface area contributed by atoms with Crippen LogP contribution in [0.15, 0.2) is 91.5 Å². The highest BCUT2D eigenvalue weighted by Crippen LogP contribution is 2.50. The van der Waals surface area contributed by atoms with Gasteiger partial charge in [0.2, 0.25) is 6.23 Å². The normalized spacial score (nSPS) is 17.8. The molecule has 0 unspecified atom stereocenters. The first-order chi connectivity index (χ1) is 18.4. The van der Waals surface area contributed by atoms with Crippen LogP contribution < -0.4 is 14.2 Å². The smallest absolute Gasteiger partial charge is 0.343 e. The van der Waals surface area contributed by atoms with Crippen LogP contribution in [0.2, 0.25) is 0 Å². The van der Waals surface area contributed by atoms with Gasteiger partial charge in [-0.2, -0.15) is 5.10 Å². The van der Waals surface area contributed by atoms with E-state index in [9.17, 15) is 4.79 Å². The zero-order chi connectivity index (χ0) is 26.4. The monoisotopic (exact) mass is 636 g/mol. The van der Waals surface area contributed by atoms with Crippen LogP contribution in [0.25, 0.3) is 0 Å². The van der Waals surface area contributed by atoms with E-state index in [0.29, 0.717) is 28.0 Å². The summed E-state index contributed by atoms with van der Waals surface area (Å²) >= 11 is 7.17. The third kappa shape index (κ3) is 4.50. The van der Waals surface area contributed by atoms with Crippen molar-refractivity contribution in [3.05, 3.63) is 110 Å². The van der Waals surface area contributed by atoms with Crippen molar-refractivity contribution in [3.63, 3.8) is 0 Å². The first-order valence-corrected chi connectivity index (χ1v) is 13.5. The van der Waals surface area contributed by atoms with Crippen molar-refractivity contribution >= 4 is 43.5 Å². The lowest BCUT2D eigenvalue weighted by atomic mass is 9.97. The fourth-order valence-corrected chi connectivity index (χ4v) is 5.61. The number of carbonyl (C=O) groups is 1. The predicted octanol–water partition coefficient (Wildman–Crippen LogP) is 7.58. The Morgan fingerprint density at radius 2 is 1.89 bits per heavy atom. The number of aryl methyl sites for hydroxylation is 1. The second kappa shape index (κ2) is 9.96. The molecule has 7 nitrogen and oxygen atoms in total. The highest BCUT2D eigenvalue weighted by molar-refractivity contribution is 9.10. The molecule has 0 saturated heterocycles. The molecule has 0 fully saturated rings. The second-order valence-electron chi connectivity index (χ2n) is 9.07. The summed E-state index contributed by atoms with van der Waals surface area (Å²) in [5.74, 6) is 1.72. The maximum Gasteiger partial charge on any atom is 0.343 e. The van der Waals surface area contributed by atoms with E-state index in [4.69, 9.17) is 23.7 Å². The molecule has 2 atom stereocenters. The van der Waals surface area contributed by atoms with Crippen molar-refractivity contribution < 1.29 is 23.4 Å². The van der Waals surface area contributed by atoms with Crippen molar-refractivity contribution in [2.45, 2.75) is 25.6 Å². The standard InChI is InChI=1S/C29H22Br2N2O5/c1-16-5-7-17(8-6-16)29(34)38-27-21(31)12-18(13-26(27)35-2)28-33-23(15-22(32-33)25-4-3-11-36-25)20-14-19(30)9-10-24(20)37-28/h3-14,23,28H,15H2,1-2H3/t23-,28+/m1/s1. The number of hydrogen-bond donors (Lipinski definition) is 0. The van der Waals surface area contributed by atoms with Crippen molar-refractivity contribution in [1.82, 2.24) is 5.01 Å². The van der Waals surface area contributed by atoms with Crippen LogP contribution in [-0.4, -0.2) is 23.8 Å². The summed E-state index contributed by atoms with van der Waals surface area (Å²) in [6.07, 6.45) is 1.77. The topological polar surface area (TPSA) is 73.5 Å². The van der Waals surface area contributed by atoms with E-state index in [2.05, 4.69) is 37.9 Å². The Bertz CT molecular complexity index is 1550. The molecule has 0 saturated carbocycles. The summed E-state index contributed by atoms with van der Waals surface area (Å²) in [6.45, 7) is 1.96. The summed E-state index contributed by atoms with van der Waals surface area (Å²) in [4.78, 5) is 12.8. The molecule has 3 heterocycles. The lowest BCUT2D eigenvalue weighted by molar-refractivity contribution is -0.0192. The lowest BCUT2D eigenvalue weighted by Crippen LogP contribution is -2.33. The van der Waals surface area contributed by atoms with Crippen LogP contribution in [0.1, 0.15) is 51.5 Å². The molecule has 0 aliphatic carbocycles. The molecule has 0 spiro atoms. The molecule has 0 N–H and O–H groups in total. The Kier molecular flexibility index (Phi) is 6.49. The van der Waals surface area contributed by atoms with E-state index in [1.54, 1.807) is 18.4 Å². The van der Waals surface area contributed by atoms with E-state index >= 15 is 0 Å². The maximum atomic E-state index is 12.8. The second-order valence-corrected chi connectivity index (χ2v) is 10.8. The number of rotatable bonds is 5. The predicted molar refractivity (Wildman–Crippen MR) is 149 cm³/mol. The number of fused-ring (bicyclic) bond motifs is 3. The van der Waals surface area contributed by atoms with Gasteiger partial charge in [0.1, 0.15) is 17.2 Å². The third-order valence-electron chi connectivity index (χ3n) is 6.58. The number of ether oxygens (including phenoxy) is 3. The van der Waals surface area contributed by atoms with Gasteiger partial charge in [-0.25, -0.2) is 9.80 Å². The van der Waals surface area contributed by atoms with Crippen molar-refractivity contribution in [1.29, 1.82) is 0 Å². The number of hydrazone groups is 1. The van der Waals surface area contributed by atoms with Gasteiger partial charge >= 0.3 is 5.97 Å². The number of nitrogens with zero attached hydrogens (tertiary/aromatic N) is 2. The molecule has 1 aromatic heterocycles. The van der Waals surface area contributed by atoms with Gasteiger partial charge in [0, 0.05) is 22.0 Å². The Hall–Kier alpha value is -3.56. The third-order valence-corrected chi connectivity index (χ3v) is 7.66. The van der Waals surface area contributed by atoms with E-state index in [-0.39, 0.29) is 6.04 Å². The SMILES string of the molecule is COc1cc([C@@H]2Oc3ccc(Br)cc3[C@H]3CC(c4ccco4)=NN32)cc(Br)c1OC(=O)c1ccc(C)cc1. The van der Waals surface area contributed by atoms with Gasteiger partial charge in [0.05, 0.1) is 29.5 Å². The minimum atomic E-state index is -0.548. The molecule has 38 heavy (non-hydrogen) atoms. The van der Waals surface area contributed by atoms with Gasteiger partial charge in [-0.05, 0) is 77.5 Å². The van der Waals surface area contributed by atoms with Gasteiger partial charge < -0.3 is 18.6 Å². The molecule has 9 heteroatoms. The fraction of sp³-hybridized carbons (Fsp3) is 0.172. The van der Waals surface area contributed by atoms with Crippen LogP contribution in [0.4, 0.5) is 0 Å². The molecule has 6 rings (SSSR count). The Labute approximate surface area is 236 Å². The van der Waals surface area contributed by atoms with Crippen LogP contribution in [0.5, 0.6) is 17.2 Å². The van der Waals surface area contributed by atoms with E-state index in [1.807, 2.05) is 60.5 Å². The summed E-state index contributed by atoms with van der Waals surface area (Å²) in [7, 11) is 1.54. The van der Waals surface area contributed by atoms with Gasteiger partial charge in [-0.15, -0.1) is 0 Å². The molecular weight excluding hydrogens is 616 g/mol. The first kappa shape index (κ1) is 24.8. The first-order valence-electron chi connectivity index (χ1n) is 11.9. The van der Waals surface area contributed by atoms with Crippen LogP contribution in [-0.2, 0) is 0 Å². The van der Waals surface area contributed by atoms with Gasteiger partial charge in [0.25, 0.3) is 0 Å². The largest absolute Gasteiger partial charge is 0.493 e. The number of hydrogen-bond acceptors (Lipinski definition) is 7. The van der Waals surface area contributed by atoms with Crippen LogP contribution in [0.3, 0.4) is 0 Å². The van der Waals surface area contributed by atoms with Crippen molar-refractivity contribution in [3.8, 4) is 17.2 Å². The van der Waals surface area contributed by atoms with Crippen molar-refractivity contribution in [2.75, 3.05) is 7.11 Å². The summed E-state index contributed by atoms with van der Waals surface area (Å²) in [5, 5.41) is 6.87. The molecule has 0 amide bonds. The number of halogens is 2. The number of furan rings is 1. The summed E-state index contributed by atoms with van der Waals surface area (Å²) < 4.78 is 25.1. The zero-order valence-electron chi connectivity index (χ0n) is 20.5. The average Bonchev–Trinajstić information content (AvgIpc) is 3.60. The highest BCUT2D eigenvalue weighted by atomic mass is 79.9. The van der Waals surface area contributed by atoms with Crippen LogP contribution in [0, 0.1) is 6.92 Å². The number of benzene rings is 3. The van der Waals surface area contributed by atoms with E-state index in [1.165, 1.54) is 7.11 Å². The maximum absolute atomic E-state index is 12.8. The quantitative estimate of drug-likeness (QED) is 0.166. The minimum absolute atomic E-state index is 0.0508. The zero-order valence-corrected chi connectivity index (χ0v) is 23.7. The van der Waals surface area contributed by atoms with Gasteiger partial charge in [0.15, 0.2) is 11.5 Å². The molecule has 0 radical (unpaired) electrons. The summed E-state index contributed by atoms with van der Waals surface area (Å²) in [5.41, 5.74) is 4.18. The molecule has 2 aliphatic heterocycles. The molecular formula is C29H22Br2N2O5. The summed E-state index contributed by atoms with van der Waals surface area (Å²) in [6, 6.07) is 20.6. The highest BCUT2D eigenvalue weighted by Gasteiger charge is 2.42. The van der Waals surface area contributed by atoms with E-state index < -0.39 is 12.2 Å². The number of methoxy groups -OCH3 is 1. The number of esters is 1. The molecule has 3 aromatic carbocycles. The van der Waals surface area contributed by atoms with E-state index in [0.717, 1.165) is 38.4 Å². The average molecular weight is 638 g/mol. The molecule has 0 bridgehead atoms. The fourth-order valence-electron chi connectivity index (χ4n) is 4.69. The molecule has 4 aromatic rings. The molecule has 2 aliphatic rings. The lowest BCUT2D eigenvalue weighted by Gasteiger charge is -2.38. The van der Waals surface area contributed by atoms with Gasteiger partial charge in [-0.3, -0.25) is 0 Å². The Morgan fingerprint density at radius 1 is 1.08 bits per heavy atom.